The quantitative estimate of drug-likeness (QED) is 0.810. The molecule has 3 rings (SSSR count). The second-order valence-electron chi connectivity index (χ2n) is 4.90. The van der Waals surface area contributed by atoms with Gasteiger partial charge in [-0.3, -0.25) is 4.79 Å². The van der Waals surface area contributed by atoms with Crippen LogP contribution in [0, 0.1) is 0 Å². The molecule has 0 aliphatic carbocycles. The molecule has 4 nitrogen and oxygen atoms in total. The lowest BCUT2D eigenvalue weighted by atomic mass is 9.97. The van der Waals surface area contributed by atoms with E-state index in [2.05, 4.69) is 16.7 Å². The second kappa shape index (κ2) is 5.08. The lowest BCUT2D eigenvalue weighted by molar-refractivity contribution is -0.134. The van der Waals surface area contributed by atoms with E-state index in [1.165, 1.54) is 5.56 Å². The summed E-state index contributed by atoms with van der Waals surface area (Å²) >= 11 is 0. The van der Waals surface area contributed by atoms with Crippen molar-refractivity contribution in [2.75, 3.05) is 19.7 Å². The van der Waals surface area contributed by atoms with Gasteiger partial charge in [0.15, 0.2) is 6.10 Å². The molecular weight excluding hydrogens is 228 g/mol. The first-order valence-corrected chi connectivity index (χ1v) is 6.55. The van der Waals surface area contributed by atoms with E-state index in [1.807, 2.05) is 18.2 Å². The van der Waals surface area contributed by atoms with E-state index in [-0.39, 0.29) is 11.9 Å². The van der Waals surface area contributed by atoms with Crippen LogP contribution in [-0.2, 0) is 16.0 Å². The molecule has 1 saturated heterocycles. The van der Waals surface area contributed by atoms with Crippen LogP contribution in [0.5, 0.6) is 0 Å². The van der Waals surface area contributed by atoms with Crippen LogP contribution < -0.4 is 10.6 Å². The number of carbonyl (C=O) groups is 1. The number of amides is 1. The van der Waals surface area contributed by atoms with E-state index in [1.54, 1.807) is 0 Å². The highest BCUT2D eigenvalue weighted by molar-refractivity contribution is 5.83. The number of nitrogens with one attached hydrogen (secondary N) is 2. The smallest absolute Gasteiger partial charge is 0.254 e. The number of fused-ring (bicyclic) bond motifs is 1. The predicted octanol–water partition coefficient (Wildman–Crippen LogP) is 0.778. The van der Waals surface area contributed by atoms with E-state index < -0.39 is 6.10 Å². The molecule has 1 fully saturated rings. The number of rotatable bonds is 2. The molecule has 1 aromatic rings. The molecule has 2 aliphatic rings. The van der Waals surface area contributed by atoms with Crippen molar-refractivity contribution in [3.05, 3.63) is 35.4 Å². The van der Waals surface area contributed by atoms with Gasteiger partial charge in [0.1, 0.15) is 0 Å². The minimum Gasteiger partial charge on any atom is -0.363 e. The standard InChI is InChI=1S/C14H18N2O2/c17-14(16-11-5-7-15-9-11)13-12-4-2-1-3-10(12)6-8-18-13/h1-4,11,13,15H,5-9H2,(H,16,17). The highest BCUT2D eigenvalue weighted by atomic mass is 16.5. The SMILES string of the molecule is O=C(NC1CCNC1)C1OCCc2ccccc21. The molecule has 1 amide bonds. The van der Waals surface area contributed by atoms with Crippen LogP contribution in [0.3, 0.4) is 0 Å². The van der Waals surface area contributed by atoms with Gasteiger partial charge in [-0.2, -0.15) is 0 Å². The first-order chi connectivity index (χ1) is 8.84. The molecule has 1 aromatic carbocycles. The Labute approximate surface area is 107 Å². The Balaban J connectivity index is 1.74. The monoisotopic (exact) mass is 246 g/mol. The normalized spacial score (nSPS) is 26.7. The van der Waals surface area contributed by atoms with Gasteiger partial charge in [0.2, 0.25) is 0 Å². The van der Waals surface area contributed by atoms with Crippen molar-refractivity contribution in [3.8, 4) is 0 Å². The summed E-state index contributed by atoms with van der Waals surface area (Å²) in [5.74, 6) is -0.00384. The van der Waals surface area contributed by atoms with Gasteiger partial charge in [-0.05, 0) is 30.5 Å². The summed E-state index contributed by atoms with van der Waals surface area (Å²) in [6.07, 6.45) is 1.46. The maximum Gasteiger partial charge on any atom is 0.254 e. The predicted molar refractivity (Wildman–Crippen MR) is 68.3 cm³/mol. The van der Waals surface area contributed by atoms with Crippen LogP contribution in [0.4, 0.5) is 0 Å². The van der Waals surface area contributed by atoms with Gasteiger partial charge in [-0.25, -0.2) is 0 Å². The Morgan fingerprint density at radius 3 is 3.11 bits per heavy atom. The Morgan fingerprint density at radius 1 is 1.39 bits per heavy atom. The number of hydrogen-bond acceptors (Lipinski definition) is 3. The van der Waals surface area contributed by atoms with Crippen molar-refractivity contribution >= 4 is 5.91 Å². The van der Waals surface area contributed by atoms with E-state index in [4.69, 9.17) is 4.74 Å². The molecule has 2 unspecified atom stereocenters. The molecule has 4 heteroatoms. The van der Waals surface area contributed by atoms with Crippen LogP contribution in [0.25, 0.3) is 0 Å². The summed E-state index contributed by atoms with van der Waals surface area (Å²) in [4.78, 5) is 12.3. The average Bonchev–Trinajstić information content (AvgIpc) is 2.91. The molecule has 96 valence electrons. The molecule has 2 atom stereocenters. The molecule has 0 radical (unpaired) electrons. The minimum atomic E-state index is -0.435. The first-order valence-electron chi connectivity index (χ1n) is 6.55. The maximum atomic E-state index is 12.3. The van der Waals surface area contributed by atoms with Gasteiger partial charge in [-0.1, -0.05) is 24.3 Å². The van der Waals surface area contributed by atoms with Gasteiger partial charge in [-0.15, -0.1) is 0 Å². The molecule has 0 aromatic heterocycles. The van der Waals surface area contributed by atoms with Crippen LogP contribution in [-0.4, -0.2) is 31.6 Å². The van der Waals surface area contributed by atoms with E-state index in [0.29, 0.717) is 6.61 Å². The average molecular weight is 246 g/mol. The Kier molecular flexibility index (Phi) is 3.30. The zero-order valence-corrected chi connectivity index (χ0v) is 10.3. The number of hydrogen-bond donors (Lipinski definition) is 2. The van der Waals surface area contributed by atoms with Crippen molar-refractivity contribution in [3.63, 3.8) is 0 Å². The summed E-state index contributed by atoms with van der Waals surface area (Å²) in [6.45, 7) is 2.46. The molecule has 2 aliphatic heterocycles. The molecule has 0 bridgehead atoms. The van der Waals surface area contributed by atoms with Crippen molar-refractivity contribution in [2.24, 2.45) is 0 Å². The van der Waals surface area contributed by atoms with Gasteiger partial charge >= 0.3 is 0 Å². The number of ether oxygens (including phenoxy) is 1. The van der Waals surface area contributed by atoms with E-state index >= 15 is 0 Å². The first kappa shape index (κ1) is 11.7. The molecule has 0 spiro atoms. The maximum absolute atomic E-state index is 12.3. The third kappa shape index (κ3) is 2.26. The fourth-order valence-corrected chi connectivity index (χ4v) is 2.67. The van der Waals surface area contributed by atoms with Gasteiger partial charge in [0.05, 0.1) is 6.61 Å². The lowest BCUT2D eigenvalue weighted by Crippen LogP contribution is -2.41. The summed E-state index contributed by atoms with van der Waals surface area (Å²) in [6, 6.07) is 8.29. The van der Waals surface area contributed by atoms with Gasteiger partial charge < -0.3 is 15.4 Å². The van der Waals surface area contributed by atoms with Crippen LogP contribution in [0.15, 0.2) is 24.3 Å². The molecule has 0 saturated carbocycles. The largest absolute Gasteiger partial charge is 0.363 e. The van der Waals surface area contributed by atoms with Crippen molar-refractivity contribution in [1.29, 1.82) is 0 Å². The van der Waals surface area contributed by atoms with Gasteiger partial charge in [0.25, 0.3) is 5.91 Å². The van der Waals surface area contributed by atoms with Crippen molar-refractivity contribution in [2.45, 2.75) is 25.0 Å². The zero-order valence-electron chi connectivity index (χ0n) is 10.3. The fraction of sp³-hybridized carbons (Fsp3) is 0.500. The molecule has 2 heterocycles. The summed E-state index contributed by atoms with van der Waals surface area (Å²) in [7, 11) is 0. The third-order valence-corrected chi connectivity index (χ3v) is 3.64. The Hall–Kier alpha value is -1.39. The topological polar surface area (TPSA) is 50.4 Å². The molecule has 18 heavy (non-hydrogen) atoms. The third-order valence-electron chi connectivity index (χ3n) is 3.64. The lowest BCUT2D eigenvalue weighted by Gasteiger charge is -2.26. The summed E-state index contributed by atoms with van der Waals surface area (Å²) in [5.41, 5.74) is 2.25. The zero-order chi connectivity index (χ0) is 12.4. The molecule has 2 N–H and O–H groups in total. The van der Waals surface area contributed by atoms with Crippen LogP contribution in [0.1, 0.15) is 23.7 Å². The molecular formula is C14H18N2O2. The minimum absolute atomic E-state index is 0.00384. The number of benzene rings is 1. The second-order valence-corrected chi connectivity index (χ2v) is 4.90. The summed E-state index contributed by atoms with van der Waals surface area (Å²) in [5, 5.41) is 6.31. The van der Waals surface area contributed by atoms with Crippen LogP contribution in [0.2, 0.25) is 0 Å². The van der Waals surface area contributed by atoms with E-state index in [9.17, 15) is 4.79 Å². The van der Waals surface area contributed by atoms with Crippen LogP contribution >= 0.6 is 0 Å². The Morgan fingerprint density at radius 2 is 2.28 bits per heavy atom. The fourth-order valence-electron chi connectivity index (χ4n) is 2.67. The summed E-state index contributed by atoms with van der Waals surface area (Å²) < 4.78 is 5.64. The van der Waals surface area contributed by atoms with Gasteiger partial charge in [0, 0.05) is 12.6 Å². The highest BCUT2D eigenvalue weighted by Crippen LogP contribution is 2.27. The number of carbonyl (C=O) groups excluding carboxylic acids is 1. The Bertz CT molecular complexity index is 441. The van der Waals surface area contributed by atoms with Crippen molar-refractivity contribution in [1.82, 2.24) is 10.6 Å². The highest BCUT2D eigenvalue weighted by Gasteiger charge is 2.29. The van der Waals surface area contributed by atoms with E-state index in [0.717, 1.165) is 31.5 Å². The van der Waals surface area contributed by atoms with Crippen molar-refractivity contribution < 1.29 is 9.53 Å².